The molecule has 4 fully saturated rings. The molecule has 3 amide bonds. The van der Waals surface area contributed by atoms with Gasteiger partial charge in [0.15, 0.2) is 15.9 Å². The zero-order valence-corrected chi connectivity index (χ0v) is 25.4. The Morgan fingerprint density at radius 3 is 2.21 bits per heavy atom. The van der Waals surface area contributed by atoms with Gasteiger partial charge >= 0.3 is 17.9 Å². The summed E-state index contributed by atoms with van der Waals surface area (Å²) >= 11 is 1.32. The fourth-order valence-corrected chi connectivity index (χ4v) is 9.82. The molecule has 0 spiro atoms. The van der Waals surface area contributed by atoms with E-state index in [1.807, 2.05) is 6.07 Å². The van der Waals surface area contributed by atoms with Crippen LogP contribution >= 0.6 is 11.8 Å². The van der Waals surface area contributed by atoms with E-state index in [9.17, 15) is 37.2 Å². The molecule has 43 heavy (non-hydrogen) atoms. The number of hydrogen-bond donors (Lipinski definition) is 1. The number of amides is 3. The largest absolute Gasteiger partial charge is 0.464 e. The van der Waals surface area contributed by atoms with Crippen molar-refractivity contribution < 1.29 is 51.4 Å². The molecule has 4 saturated heterocycles. The molecule has 4 heterocycles. The number of thioether (sulfide) groups is 1. The van der Waals surface area contributed by atoms with Gasteiger partial charge in [-0.15, -0.1) is 11.8 Å². The quantitative estimate of drug-likeness (QED) is 0.208. The summed E-state index contributed by atoms with van der Waals surface area (Å²) in [4.78, 5) is 77.6. The van der Waals surface area contributed by atoms with Crippen molar-refractivity contribution in [1.29, 1.82) is 0 Å². The van der Waals surface area contributed by atoms with E-state index >= 15 is 0 Å². The number of nitrogens with one attached hydrogen (secondary N) is 1. The van der Waals surface area contributed by atoms with Crippen molar-refractivity contribution in [2.75, 3.05) is 13.4 Å². The maximum atomic E-state index is 13.1. The summed E-state index contributed by atoms with van der Waals surface area (Å²) in [5.41, 5.74) is 0.787. The highest BCUT2D eigenvalue weighted by Gasteiger charge is 2.71. The SMILES string of the molecule is CC(=O)OC[C@@]1(C)[C@H](C(=O)OCOC(=O)[C@@H]2N3C(=O)[C@@H](NC(=O)Cc4ccccc4)[C@H]3SC2(C)C)N2C(=O)C[C@H]2S1(=O)=O. The smallest absolute Gasteiger partial charge is 0.333 e. The van der Waals surface area contributed by atoms with Gasteiger partial charge in [0.25, 0.3) is 0 Å². The highest BCUT2D eigenvalue weighted by atomic mass is 32.2. The van der Waals surface area contributed by atoms with Crippen LogP contribution in [0, 0.1) is 0 Å². The number of esters is 3. The first kappa shape index (κ1) is 30.8. The summed E-state index contributed by atoms with van der Waals surface area (Å²) in [6.07, 6.45) is -0.224. The number of nitrogens with zero attached hydrogens (tertiary/aromatic N) is 2. The number of sulfone groups is 1. The molecule has 0 aromatic heterocycles. The summed E-state index contributed by atoms with van der Waals surface area (Å²) < 4.78 is 38.7. The van der Waals surface area contributed by atoms with Crippen LogP contribution in [0.2, 0.25) is 0 Å². The normalized spacial score (nSPS) is 31.2. The maximum absolute atomic E-state index is 13.1. The Morgan fingerprint density at radius 2 is 1.60 bits per heavy atom. The van der Waals surface area contributed by atoms with Gasteiger partial charge in [-0.1, -0.05) is 30.3 Å². The minimum atomic E-state index is -4.12. The second-order valence-electron chi connectivity index (χ2n) is 11.5. The number of rotatable bonds is 9. The number of carbonyl (C=O) groups excluding carboxylic acids is 6. The third-order valence-electron chi connectivity index (χ3n) is 8.19. The van der Waals surface area contributed by atoms with Crippen LogP contribution in [0.4, 0.5) is 0 Å². The van der Waals surface area contributed by atoms with Crippen LogP contribution < -0.4 is 5.32 Å². The van der Waals surface area contributed by atoms with Gasteiger partial charge in [-0.3, -0.25) is 19.2 Å². The lowest BCUT2D eigenvalue weighted by Crippen LogP contribution is -2.70. The first-order chi connectivity index (χ1) is 20.1. The van der Waals surface area contributed by atoms with E-state index in [1.165, 1.54) is 23.6 Å². The monoisotopic (exact) mass is 637 g/mol. The molecule has 0 radical (unpaired) electrons. The van der Waals surface area contributed by atoms with Gasteiger partial charge in [0.1, 0.15) is 34.2 Å². The Hall–Kier alpha value is -3.66. The van der Waals surface area contributed by atoms with Crippen molar-refractivity contribution >= 4 is 57.2 Å². The predicted octanol–water partition coefficient (Wildman–Crippen LogP) is -0.503. The zero-order valence-electron chi connectivity index (χ0n) is 23.8. The zero-order chi connectivity index (χ0) is 31.5. The number of hydrogen-bond acceptors (Lipinski definition) is 12. The van der Waals surface area contributed by atoms with Crippen molar-refractivity contribution in [3.63, 3.8) is 0 Å². The van der Waals surface area contributed by atoms with E-state index in [0.29, 0.717) is 0 Å². The molecule has 1 aromatic carbocycles. The van der Waals surface area contributed by atoms with Crippen LogP contribution in [-0.2, 0) is 59.2 Å². The Kier molecular flexibility index (Phi) is 7.74. The van der Waals surface area contributed by atoms with Crippen molar-refractivity contribution in [1.82, 2.24) is 15.1 Å². The fraction of sp³-hybridized carbons (Fsp3) is 0.556. The number of carbonyl (C=O) groups is 6. The molecule has 0 aliphatic carbocycles. The van der Waals surface area contributed by atoms with Crippen LogP contribution in [0.3, 0.4) is 0 Å². The van der Waals surface area contributed by atoms with Gasteiger partial charge in [0.05, 0.1) is 12.8 Å². The molecule has 4 aliphatic heterocycles. The fourth-order valence-electron chi connectivity index (χ4n) is 5.94. The summed E-state index contributed by atoms with van der Waals surface area (Å²) in [7, 11) is -4.12. The molecular weight excluding hydrogens is 606 g/mol. The molecule has 232 valence electrons. The second-order valence-corrected chi connectivity index (χ2v) is 15.8. The molecular formula is C27H31N3O11S2. The van der Waals surface area contributed by atoms with Gasteiger partial charge in [-0.2, -0.15) is 0 Å². The third kappa shape index (κ3) is 5.03. The van der Waals surface area contributed by atoms with E-state index in [4.69, 9.17) is 14.2 Å². The number of β-lactam (4-membered cyclic amide) rings is 2. The van der Waals surface area contributed by atoms with E-state index in [-0.39, 0.29) is 18.7 Å². The molecule has 4 aliphatic rings. The van der Waals surface area contributed by atoms with E-state index in [1.54, 1.807) is 38.1 Å². The average molecular weight is 638 g/mol. The molecule has 6 atom stereocenters. The van der Waals surface area contributed by atoms with Gasteiger partial charge < -0.3 is 29.3 Å². The summed E-state index contributed by atoms with van der Waals surface area (Å²) in [6, 6.07) is 5.54. The van der Waals surface area contributed by atoms with Crippen LogP contribution in [0.25, 0.3) is 0 Å². The van der Waals surface area contributed by atoms with Gasteiger partial charge in [-0.25, -0.2) is 18.0 Å². The van der Waals surface area contributed by atoms with Crippen LogP contribution in [0.5, 0.6) is 0 Å². The highest BCUT2D eigenvalue weighted by Crippen LogP contribution is 2.51. The second kappa shape index (κ2) is 10.8. The first-order valence-corrected chi connectivity index (χ1v) is 15.9. The number of benzene rings is 1. The average Bonchev–Trinajstić information content (AvgIpc) is 3.26. The van der Waals surface area contributed by atoms with E-state index in [2.05, 4.69) is 5.32 Å². The van der Waals surface area contributed by atoms with Crippen molar-refractivity contribution in [3.8, 4) is 0 Å². The summed E-state index contributed by atoms with van der Waals surface area (Å²) in [5, 5.41) is 0.967. The Balaban J connectivity index is 1.20. The Labute approximate surface area is 251 Å². The van der Waals surface area contributed by atoms with Crippen LogP contribution in [-0.4, -0.2) is 106 Å². The number of fused-ring (bicyclic) bond motifs is 2. The predicted molar refractivity (Wildman–Crippen MR) is 148 cm³/mol. The van der Waals surface area contributed by atoms with E-state index < -0.39 is 91.3 Å². The maximum Gasteiger partial charge on any atom is 0.333 e. The topological polar surface area (TPSA) is 183 Å². The lowest BCUT2D eigenvalue weighted by Gasteiger charge is -2.43. The molecule has 1 N–H and O–H groups in total. The minimum absolute atomic E-state index is 0.0915. The van der Waals surface area contributed by atoms with Gasteiger partial charge in [0.2, 0.25) is 24.5 Å². The summed E-state index contributed by atoms with van der Waals surface area (Å²) in [5.74, 6) is -4.17. The standard InChI is InChI=1S/C27H31N3O11S2/c1-14(31)39-12-27(4)21(29-17(33)11-18(29)43(27,37)38)25(36)41-13-40-24(35)20-26(2,3)42-23-19(22(34)30(20)23)28-16(32)10-15-8-6-5-7-9-15/h5-9,18-21,23H,10-13H2,1-4H3,(H,28,32)/t18-,19-,20+,21+,23-,27+/m1/s1. The molecule has 1 aromatic rings. The highest BCUT2D eigenvalue weighted by molar-refractivity contribution is 8.01. The molecule has 16 heteroatoms. The number of ether oxygens (including phenoxy) is 3. The van der Waals surface area contributed by atoms with Gasteiger partial charge in [0, 0.05) is 11.7 Å². The van der Waals surface area contributed by atoms with E-state index in [0.717, 1.165) is 17.4 Å². The molecule has 14 nitrogen and oxygen atoms in total. The third-order valence-corrected chi connectivity index (χ3v) is 12.5. The summed E-state index contributed by atoms with van der Waals surface area (Å²) in [6.45, 7) is 4.16. The Morgan fingerprint density at radius 1 is 0.977 bits per heavy atom. The lowest BCUT2D eigenvalue weighted by molar-refractivity contribution is -0.182. The van der Waals surface area contributed by atoms with Crippen molar-refractivity contribution in [3.05, 3.63) is 35.9 Å². The lowest BCUT2D eigenvalue weighted by atomic mass is 9.96. The van der Waals surface area contributed by atoms with Crippen LogP contribution in [0.1, 0.15) is 39.7 Å². The molecule has 0 saturated carbocycles. The van der Waals surface area contributed by atoms with Gasteiger partial charge in [-0.05, 0) is 26.3 Å². The first-order valence-electron chi connectivity index (χ1n) is 13.4. The Bertz CT molecular complexity index is 1500. The minimum Gasteiger partial charge on any atom is -0.464 e. The van der Waals surface area contributed by atoms with Crippen LogP contribution in [0.15, 0.2) is 30.3 Å². The molecule has 0 bridgehead atoms. The molecule has 5 rings (SSSR count). The molecule has 0 unspecified atom stereocenters. The van der Waals surface area contributed by atoms with Crippen molar-refractivity contribution in [2.45, 2.75) is 78.9 Å². The van der Waals surface area contributed by atoms with Crippen molar-refractivity contribution in [2.24, 2.45) is 0 Å².